The Balaban J connectivity index is 4.76. The van der Waals surface area contributed by atoms with Crippen molar-refractivity contribution < 1.29 is 28.7 Å². The summed E-state index contributed by atoms with van der Waals surface area (Å²) in [5.41, 5.74) is -2.91. The van der Waals surface area contributed by atoms with E-state index in [9.17, 15) is 19.2 Å². The van der Waals surface area contributed by atoms with Crippen LogP contribution in [0.3, 0.4) is 0 Å². The van der Waals surface area contributed by atoms with Crippen LogP contribution in [0.1, 0.15) is 61.8 Å². The third-order valence-corrected chi connectivity index (χ3v) is 2.76. The van der Waals surface area contributed by atoms with Crippen LogP contribution in [0.25, 0.3) is 0 Å². The summed E-state index contributed by atoms with van der Waals surface area (Å²) in [6.07, 6.45) is -0.356. The summed E-state index contributed by atoms with van der Waals surface area (Å²) in [7, 11) is 0. The summed E-state index contributed by atoms with van der Waals surface area (Å²) in [6, 6.07) is 0. The molecule has 0 aliphatic rings. The summed E-state index contributed by atoms with van der Waals surface area (Å²) in [5, 5.41) is 0. The third-order valence-electron chi connectivity index (χ3n) is 2.76. The average Bonchev–Trinajstić information content (AvgIpc) is 2.24. The zero-order valence-corrected chi connectivity index (χ0v) is 14.7. The molecule has 0 rings (SSSR count). The number of carbonyl (C=O) groups excluding carboxylic acids is 4. The molecule has 0 heterocycles. The van der Waals surface area contributed by atoms with E-state index in [1.54, 1.807) is 41.5 Å². The molecule has 0 fully saturated rings. The van der Waals surface area contributed by atoms with Gasteiger partial charge in [-0.3, -0.25) is 19.2 Å². The summed E-state index contributed by atoms with van der Waals surface area (Å²) in [4.78, 5) is 47.1. The van der Waals surface area contributed by atoms with E-state index in [0.717, 1.165) is 0 Å². The first kappa shape index (κ1) is 20.3. The normalized spacial score (nSPS) is 12.5. The van der Waals surface area contributed by atoms with Gasteiger partial charge in [0.25, 0.3) is 0 Å². The fourth-order valence-electron chi connectivity index (χ4n) is 1.10. The SMILES string of the molecule is CC(C)(C)C(=O)OC(=O)CC(C)(C)C(=O)OC(=O)C(C)(C)C. The second-order valence-corrected chi connectivity index (χ2v) is 8.00. The first-order valence-electron chi connectivity index (χ1n) is 7.09. The highest BCUT2D eigenvalue weighted by Gasteiger charge is 2.38. The van der Waals surface area contributed by atoms with Gasteiger partial charge < -0.3 is 9.47 Å². The zero-order chi connectivity index (χ0) is 17.9. The maximum Gasteiger partial charge on any atom is 0.319 e. The van der Waals surface area contributed by atoms with Gasteiger partial charge in [0.05, 0.1) is 22.7 Å². The second kappa shape index (κ2) is 6.58. The predicted octanol–water partition coefficient (Wildman–Crippen LogP) is 2.63. The lowest BCUT2D eigenvalue weighted by atomic mass is 9.89. The lowest BCUT2D eigenvalue weighted by Crippen LogP contribution is -2.36. The highest BCUT2D eigenvalue weighted by Crippen LogP contribution is 2.26. The van der Waals surface area contributed by atoms with Crippen molar-refractivity contribution in [1.82, 2.24) is 0 Å². The van der Waals surface area contributed by atoms with Crippen LogP contribution >= 0.6 is 0 Å². The van der Waals surface area contributed by atoms with Crippen molar-refractivity contribution in [1.29, 1.82) is 0 Å². The van der Waals surface area contributed by atoms with Gasteiger partial charge in [0.15, 0.2) is 0 Å². The molecule has 0 saturated carbocycles. The zero-order valence-electron chi connectivity index (χ0n) is 14.7. The average molecular weight is 314 g/mol. The number of rotatable bonds is 3. The lowest BCUT2D eigenvalue weighted by molar-refractivity contribution is -0.176. The summed E-state index contributed by atoms with van der Waals surface area (Å²) in [5.74, 6) is -3.00. The standard InChI is InChI=1S/C16H26O6/c1-14(2,3)11(18)21-10(17)9-16(7,8)13(20)22-12(19)15(4,5)6/h9H2,1-8H3. The molecule has 0 aromatic carbocycles. The largest absolute Gasteiger partial charge is 0.393 e. The van der Waals surface area contributed by atoms with Gasteiger partial charge >= 0.3 is 23.9 Å². The van der Waals surface area contributed by atoms with E-state index in [1.165, 1.54) is 13.8 Å². The Morgan fingerprint density at radius 3 is 1.36 bits per heavy atom. The van der Waals surface area contributed by atoms with Crippen molar-refractivity contribution in [2.75, 3.05) is 0 Å². The Labute approximate surface area is 131 Å². The number of hydrogen-bond acceptors (Lipinski definition) is 6. The van der Waals surface area contributed by atoms with Gasteiger partial charge in [-0.05, 0) is 55.4 Å². The Hall–Kier alpha value is -1.72. The fourth-order valence-corrected chi connectivity index (χ4v) is 1.10. The minimum atomic E-state index is -1.27. The molecule has 0 radical (unpaired) electrons. The van der Waals surface area contributed by atoms with Crippen LogP contribution in [0.2, 0.25) is 0 Å². The molecule has 0 unspecified atom stereocenters. The highest BCUT2D eigenvalue weighted by molar-refractivity contribution is 5.94. The van der Waals surface area contributed by atoms with E-state index in [-0.39, 0.29) is 6.42 Å². The van der Waals surface area contributed by atoms with Crippen molar-refractivity contribution in [3.05, 3.63) is 0 Å². The van der Waals surface area contributed by atoms with Crippen LogP contribution < -0.4 is 0 Å². The molecule has 0 aliphatic heterocycles. The summed E-state index contributed by atoms with van der Waals surface area (Å²) in [6.45, 7) is 12.6. The minimum Gasteiger partial charge on any atom is -0.393 e. The maximum absolute atomic E-state index is 12.0. The van der Waals surface area contributed by atoms with Gasteiger partial charge in [0.1, 0.15) is 0 Å². The van der Waals surface area contributed by atoms with Gasteiger partial charge in [-0.25, -0.2) is 0 Å². The van der Waals surface area contributed by atoms with Crippen molar-refractivity contribution in [2.45, 2.75) is 61.8 Å². The molecule has 22 heavy (non-hydrogen) atoms. The Morgan fingerprint density at radius 2 is 1.00 bits per heavy atom. The number of hydrogen-bond donors (Lipinski definition) is 0. The molecule has 0 spiro atoms. The molecule has 6 nitrogen and oxygen atoms in total. The van der Waals surface area contributed by atoms with Gasteiger partial charge in [0, 0.05) is 0 Å². The number of esters is 4. The minimum absolute atomic E-state index is 0.356. The molecule has 126 valence electrons. The Morgan fingerprint density at radius 1 is 0.636 bits per heavy atom. The van der Waals surface area contributed by atoms with Gasteiger partial charge in [-0.15, -0.1) is 0 Å². The third kappa shape index (κ3) is 6.37. The van der Waals surface area contributed by atoms with Crippen LogP contribution in [-0.2, 0) is 28.7 Å². The molecule has 0 N–H and O–H groups in total. The van der Waals surface area contributed by atoms with Gasteiger partial charge in [0.2, 0.25) is 0 Å². The molecule has 0 bridgehead atoms. The monoisotopic (exact) mass is 314 g/mol. The van der Waals surface area contributed by atoms with Crippen molar-refractivity contribution in [2.24, 2.45) is 16.2 Å². The van der Waals surface area contributed by atoms with Crippen molar-refractivity contribution in [3.63, 3.8) is 0 Å². The first-order valence-corrected chi connectivity index (χ1v) is 7.09. The summed E-state index contributed by atoms with van der Waals surface area (Å²) >= 11 is 0. The summed E-state index contributed by atoms with van der Waals surface area (Å²) < 4.78 is 9.48. The first-order chi connectivity index (χ1) is 9.57. The molecule has 0 amide bonds. The van der Waals surface area contributed by atoms with Crippen LogP contribution in [0, 0.1) is 16.2 Å². The van der Waals surface area contributed by atoms with E-state index in [0.29, 0.717) is 0 Å². The number of ether oxygens (including phenoxy) is 2. The van der Waals surface area contributed by atoms with E-state index >= 15 is 0 Å². The van der Waals surface area contributed by atoms with Crippen LogP contribution in [-0.4, -0.2) is 23.9 Å². The predicted molar refractivity (Wildman–Crippen MR) is 79.5 cm³/mol. The van der Waals surface area contributed by atoms with Crippen LogP contribution in [0.15, 0.2) is 0 Å². The molecule has 0 aromatic heterocycles. The van der Waals surface area contributed by atoms with E-state index in [1.807, 2.05) is 0 Å². The fraction of sp³-hybridized carbons (Fsp3) is 0.750. The molecule has 6 heteroatoms. The second-order valence-electron chi connectivity index (χ2n) is 8.00. The van der Waals surface area contributed by atoms with E-state index in [4.69, 9.17) is 9.47 Å². The van der Waals surface area contributed by atoms with Gasteiger partial charge in [-0.1, -0.05) is 0 Å². The Bertz CT molecular complexity index is 474. The van der Waals surface area contributed by atoms with Gasteiger partial charge in [-0.2, -0.15) is 0 Å². The molecular formula is C16H26O6. The molecule has 0 aliphatic carbocycles. The van der Waals surface area contributed by atoms with E-state index in [2.05, 4.69) is 0 Å². The van der Waals surface area contributed by atoms with Crippen molar-refractivity contribution in [3.8, 4) is 0 Å². The molecular weight excluding hydrogens is 288 g/mol. The quantitative estimate of drug-likeness (QED) is 0.588. The molecule has 0 saturated heterocycles. The smallest absolute Gasteiger partial charge is 0.319 e. The van der Waals surface area contributed by atoms with E-state index < -0.39 is 40.1 Å². The highest BCUT2D eigenvalue weighted by atomic mass is 16.6. The van der Waals surface area contributed by atoms with Crippen LogP contribution in [0.4, 0.5) is 0 Å². The van der Waals surface area contributed by atoms with Crippen molar-refractivity contribution >= 4 is 23.9 Å². The topological polar surface area (TPSA) is 86.7 Å². The number of carbonyl (C=O) groups is 4. The maximum atomic E-state index is 12.0. The molecule has 0 aromatic rings. The lowest BCUT2D eigenvalue weighted by Gasteiger charge is -2.24. The molecule has 0 atom stereocenters. The Kier molecular flexibility index (Phi) is 6.07. The van der Waals surface area contributed by atoms with Crippen LogP contribution in [0.5, 0.6) is 0 Å².